The number of thiazole rings is 1. The van der Waals surface area contributed by atoms with Gasteiger partial charge < -0.3 is 5.32 Å². The lowest BCUT2D eigenvalue weighted by atomic mass is 10.1. The van der Waals surface area contributed by atoms with Crippen LogP contribution in [0.15, 0.2) is 52.9 Å². The van der Waals surface area contributed by atoms with Gasteiger partial charge in [-0.1, -0.05) is 31.2 Å². The lowest BCUT2D eigenvalue weighted by molar-refractivity contribution is -0.115. The van der Waals surface area contributed by atoms with Gasteiger partial charge in [0.15, 0.2) is 5.13 Å². The molecular weight excluding hydrogens is 346 g/mol. The molecule has 0 saturated carbocycles. The normalized spacial score (nSPS) is 11.4. The molecule has 2 aromatic carbocycles. The minimum Gasteiger partial charge on any atom is -0.326 e. The van der Waals surface area contributed by atoms with E-state index in [1.165, 1.54) is 23.6 Å². The van der Waals surface area contributed by atoms with Crippen molar-refractivity contribution in [2.45, 2.75) is 18.2 Å². The van der Waals surface area contributed by atoms with Crippen LogP contribution in [0.1, 0.15) is 13.3 Å². The Morgan fingerprint density at radius 2 is 1.92 bits per heavy atom. The van der Waals surface area contributed by atoms with Crippen molar-refractivity contribution in [2.24, 2.45) is 0 Å². The Hall–Kier alpha value is -2.45. The molecule has 0 bridgehead atoms. The summed E-state index contributed by atoms with van der Waals surface area (Å²) in [5.74, 6) is -0.128. The Kier molecular flexibility index (Phi) is 4.50. The molecule has 6 nitrogen and oxygen atoms in total. The number of amides is 1. The third kappa shape index (κ3) is 3.24. The summed E-state index contributed by atoms with van der Waals surface area (Å²) in [6.45, 7) is 1.76. The molecule has 24 heavy (non-hydrogen) atoms. The molecule has 8 heteroatoms. The SMILES string of the molecule is CCC(=O)Nc1cccc2c(S(=O)(=O)Nc3nccs3)cccc12. The van der Waals surface area contributed by atoms with Gasteiger partial charge in [-0.2, -0.15) is 0 Å². The molecule has 0 aliphatic heterocycles. The van der Waals surface area contributed by atoms with Gasteiger partial charge in [-0.15, -0.1) is 11.3 Å². The standard InChI is InChI=1S/C16H15N3O3S2/c1-2-15(20)18-13-7-3-6-12-11(13)5-4-8-14(12)24(21,22)19-16-17-9-10-23-16/h3-10H,2H2,1H3,(H,17,19)(H,18,20). The highest BCUT2D eigenvalue weighted by Crippen LogP contribution is 2.30. The van der Waals surface area contributed by atoms with Gasteiger partial charge in [-0.05, 0) is 12.1 Å². The minimum absolute atomic E-state index is 0.128. The maximum absolute atomic E-state index is 12.7. The predicted octanol–water partition coefficient (Wildman–Crippen LogP) is 3.45. The zero-order valence-electron chi connectivity index (χ0n) is 12.8. The number of hydrogen-bond acceptors (Lipinski definition) is 5. The van der Waals surface area contributed by atoms with Crippen molar-refractivity contribution in [1.82, 2.24) is 4.98 Å². The summed E-state index contributed by atoms with van der Waals surface area (Å²) in [7, 11) is -3.78. The minimum atomic E-state index is -3.78. The van der Waals surface area contributed by atoms with Crippen molar-refractivity contribution in [3.05, 3.63) is 48.0 Å². The summed E-state index contributed by atoms with van der Waals surface area (Å²) in [5.41, 5.74) is 0.589. The number of sulfonamides is 1. The van der Waals surface area contributed by atoms with Crippen LogP contribution in [0.4, 0.5) is 10.8 Å². The number of benzene rings is 2. The number of carbonyl (C=O) groups excluding carboxylic acids is 1. The Morgan fingerprint density at radius 1 is 1.17 bits per heavy atom. The third-order valence-corrected chi connectivity index (χ3v) is 5.64. The Bertz CT molecular complexity index is 983. The van der Waals surface area contributed by atoms with Crippen molar-refractivity contribution in [1.29, 1.82) is 0 Å². The molecule has 0 fully saturated rings. The van der Waals surface area contributed by atoms with Gasteiger partial charge in [0.1, 0.15) is 0 Å². The second-order valence-electron chi connectivity index (χ2n) is 5.00. The van der Waals surface area contributed by atoms with Gasteiger partial charge in [0.25, 0.3) is 10.0 Å². The first-order chi connectivity index (χ1) is 11.5. The highest BCUT2D eigenvalue weighted by Gasteiger charge is 2.19. The molecule has 1 heterocycles. The number of nitrogens with zero attached hydrogens (tertiary/aromatic N) is 1. The van der Waals surface area contributed by atoms with Gasteiger partial charge in [0.05, 0.1) is 4.90 Å². The average Bonchev–Trinajstić information content (AvgIpc) is 3.06. The number of rotatable bonds is 5. The van der Waals surface area contributed by atoms with Gasteiger partial charge >= 0.3 is 0 Å². The molecule has 0 spiro atoms. The second kappa shape index (κ2) is 6.58. The van der Waals surface area contributed by atoms with Crippen LogP contribution in [0.25, 0.3) is 10.8 Å². The first kappa shape index (κ1) is 16.4. The van der Waals surface area contributed by atoms with E-state index >= 15 is 0 Å². The zero-order valence-corrected chi connectivity index (χ0v) is 14.4. The number of carbonyl (C=O) groups is 1. The molecule has 2 N–H and O–H groups in total. The summed E-state index contributed by atoms with van der Waals surface area (Å²) in [4.78, 5) is 15.8. The first-order valence-corrected chi connectivity index (χ1v) is 9.61. The molecule has 3 aromatic rings. The highest BCUT2D eigenvalue weighted by molar-refractivity contribution is 7.93. The summed E-state index contributed by atoms with van der Waals surface area (Å²) in [6, 6.07) is 10.1. The molecule has 0 aliphatic rings. The molecule has 3 rings (SSSR count). The van der Waals surface area contributed by atoms with E-state index in [9.17, 15) is 13.2 Å². The van der Waals surface area contributed by atoms with Gasteiger partial charge in [0, 0.05) is 34.5 Å². The fraction of sp³-hybridized carbons (Fsp3) is 0.125. The van der Waals surface area contributed by atoms with Crippen LogP contribution in [0.3, 0.4) is 0 Å². The summed E-state index contributed by atoms with van der Waals surface area (Å²) in [5, 5.41) is 6.00. The topological polar surface area (TPSA) is 88.2 Å². The van der Waals surface area contributed by atoms with Crippen LogP contribution >= 0.6 is 11.3 Å². The van der Waals surface area contributed by atoms with E-state index < -0.39 is 10.0 Å². The zero-order chi connectivity index (χ0) is 17.2. The molecule has 1 amide bonds. The molecule has 0 unspecified atom stereocenters. The molecule has 1 aromatic heterocycles. The highest BCUT2D eigenvalue weighted by atomic mass is 32.2. The van der Waals surface area contributed by atoms with Crippen molar-refractivity contribution >= 4 is 48.9 Å². The number of aromatic nitrogens is 1. The Balaban J connectivity index is 2.09. The maximum Gasteiger partial charge on any atom is 0.264 e. The molecule has 0 radical (unpaired) electrons. The smallest absolute Gasteiger partial charge is 0.264 e. The number of hydrogen-bond donors (Lipinski definition) is 2. The fourth-order valence-electron chi connectivity index (χ4n) is 2.31. The summed E-state index contributed by atoms with van der Waals surface area (Å²) < 4.78 is 27.8. The van der Waals surface area contributed by atoms with Gasteiger partial charge in [-0.3, -0.25) is 9.52 Å². The van der Waals surface area contributed by atoms with E-state index in [2.05, 4.69) is 15.0 Å². The van der Waals surface area contributed by atoms with Crippen molar-refractivity contribution in [3.8, 4) is 0 Å². The Morgan fingerprint density at radius 3 is 2.62 bits per heavy atom. The number of nitrogens with one attached hydrogen (secondary N) is 2. The monoisotopic (exact) mass is 361 g/mol. The van der Waals surface area contributed by atoms with E-state index in [-0.39, 0.29) is 10.8 Å². The average molecular weight is 361 g/mol. The predicted molar refractivity (Wildman–Crippen MR) is 95.8 cm³/mol. The molecular formula is C16H15N3O3S2. The van der Waals surface area contributed by atoms with E-state index in [0.717, 1.165) is 0 Å². The lowest BCUT2D eigenvalue weighted by Crippen LogP contribution is -2.14. The van der Waals surface area contributed by atoms with E-state index in [1.54, 1.807) is 42.6 Å². The van der Waals surface area contributed by atoms with Crippen LogP contribution in [0.2, 0.25) is 0 Å². The molecule has 124 valence electrons. The first-order valence-electron chi connectivity index (χ1n) is 7.25. The van der Waals surface area contributed by atoms with Crippen molar-refractivity contribution < 1.29 is 13.2 Å². The van der Waals surface area contributed by atoms with Crippen LogP contribution in [0.5, 0.6) is 0 Å². The Labute approximate surface area is 143 Å². The van der Waals surface area contributed by atoms with E-state index in [0.29, 0.717) is 28.0 Å². The summed E-state index contributed by atoms with van der Waals surface area (Å²) in [6.07, 6.45) is 1.88. The third-order valence-electron chi connectivity index (χ3n) is 3.42. The van der Waals surface area contributed by atoms with Gasteiger partial charge in [0.2, 0.25) is 5.91 Å². The van der Waals surface area contributed by atoms with Gasteiger partial charge in [-0.25, -0.2) is 13.4 Å². The lowest BCUT2D eigenvalue weighted by Gasteiger charge is -2.12. The molecule has 0 saturated heterocycles. The second-order valence-corrected chi connectivity index (χ2v) is 7.55. The van der Waals surface area contributed by atoms with Crippen LogP contribution in [-0.2, 0) is 14.8 Å². The number of fused-ring (bicyclic) bond motifs is 1. The van der Waals surface area contributed by atoms with E-state index in [4.69, 9.17) is 0 Å². The quantitative estimate of drug-likeness (QED) is 0.728. The van der Waals surface area contributed by atoms with Crippen LogP contribution < -0.4 is 10.0 Å². The largest absolute Gasteiger partial charge is 0.326 e. The molecule has 0 aliphatic carbocycles. The van der Waals surface area contributed by atoms with Crippen molar-refractivity contribution in [3.63, 3.8) is 0 Å². The fourth-order valence-corrected chi connectivity index (χ4v) is 4.32. The summed E-state index contributed by atoms with van der Waals surface area (Å²) >= 11 is 1.21. The van der Waals surface area contributed by atoms with Crippen LogP contribution in [-0.4, -0.2) is 19.3 Å². The maximum atomic E-state index is 12.7. The molecule has 0 atom stereocenters. The van der Waals surface area contributed by atoms with Crippen LogP contribution in [0, 0.1) is 0 Å². The number of anilines is 2. The van der Waals surface area contributed by atoms with E-state index in [1.807, 2.05) is 0 Å². The van der Waals surface area contributed by atoms with Crippen molar-refractivity contribution in [2.75, 3.05) is 10.0 Å².